The van der Waals surface area contributed by atoms with Crippen LogP contribution < -0.4 is 10.6 Å². The van der Waals surface area contributed by atoms with E-state index in [-0.39, 0.29) is 12.6 Å². The van der Waals surface area contributed by atoms with E-state index in [0.717, 1.165) is 11.1 Å². The Morgan fingerprint density at radius 1 is 1.33 bits per heavy atom. The van der Waals surface area contributed by atoms with E-state index >= 15 is 0 Å². The quantitative estimate of drug-likeness (QED) is 0.752. The van der Waals surface area contributed by atoms with Crippen LogP contribution in [0.1, 0.15) is 38.8 Å². The number of hydrogen-bond donors (Lipinski definition) is 3. The largest absolute Gasteiger partial charge is 0.444 e. The molecule has 0 heterocycles. The first-order valence-corrected chi connectivity index (χ1v) is 7.19. The van der Waals surface area contributed by atoms with E-state index in [0.29, 0.717) is 13.1 Å². The Kier molecular flexibility index (Phi) is 6.65. The molecule has 5 heteroatoms. The van der Waals surface area contributed by atoms with Crippen molar-refractivity contribution in [3.63, 3.8) is 0 Å². The maximum atomic E-state index is 11.5. The first kappa shape index (κ1) is 17.5. The van der Waals surface area contributed by atoms with Crippen molar-refractivity contribution in [2.75, 3.05) is 6.54 Å². The van der Waals surface area contributed by atoms with Crippen LogP contribution in [0.25, 0.3) is 0 Å². The van der Waals surface area contributed by atoms with Gasteiger partial charge in [-0.25, -0.2) is 4.79 Å². The van der Waals surface area contributed by atoms with Gasteiger partial charge in [0.15, 0.2) is 0 Å². The van der Waals surface area contributed by atoms with Gasteiger partial charge >= 0.3 is 6.09 Å². The van der Waals surface area contributed by atoms with Gasteiger partial charge in [-0.3, -0.25) is 0 Å². The molecule has 118 valence electrons. The molecule has 3 N–H and O–H groups in total. The Labute approximate surface area is 126 Å². The molecule has 1 unspecified atom stereocenters. The van der Waals surface area contributed by atoms with Crippen molar-refractivity contribution < 1.29 is 14.6 Å². The number of hydrogen-bond acceptors (Lipinski definition) is 4. The lowest BCUT2D eigenvalue weighted by atomic mass is 10.1. The lowest BCUT2D eigenvalue weighted by Gasteiger charge is -2.21. The second kappa shape index (κ2) is 8.00. The van der Waals surface area contributed by atoms with Gasteiger partial charge in [0.1, 0.15) is 5.60 Å². The number of aliphatic hydroxyl groups is 1. The van der Waals surface area contributed by atoms with Gasteiger partial charge in [0.05, 0.1) is 6.61 Å². The summed E-state index contributed by atoms with van der Waals surface area (Å²) in [6.45, 7) is 8.73. The lowest BCUT2D eigenvalue weighted by molar-refractivity contribution is 0.0523. The molecule has 5 nitrogen and oxygen atoms in total. The average Bonchev–Trinajstić information content (AvgIpc) is 2.41. The number of alkyl carbamates (subject to hydrolysis) is 1. The Morgan fingerprint density at radius 3 is 2.62 bits per heavy atom. The second-order valence-electron chi connectivity index (χ2n) is 6.14. The third-order valence-corrected chi connectivity index (χ3v) is 2.78. The summed E-state index contributed by atoms with van der Waals surface area (Å²) in [4.78, 5) is 11.5. The molecule has 0 bridgehead atoms. The number of carbonyl (C=O) groups is 1. The highest BCUT2D eigenvalue weighted by Crippen LogP contribution is 2.07. The monoisotopic (exact) mass is 294 g/mol. The van der Waals surface area contributed by atoms with Gasteiger partial charge in [-0.1, -0.05) is 24.3 Å². The van der Waals surface area contributed by atoms with Gasteiger partial charge in [-0.15, -0.1) is 0 Å². The van der Waals surface area contributed by atoms with Gasteiger partial charge in [-0.05, 0) is 38.8 Å². The molecular formula is C16H26N2O3. The number of amides is 1. The van der Waals surface area contributed by atoms with Gasteiger partial charge in [-0.2, -0.15) is 0 Å². The van der Waals surface area contributed by atoms with Crippen molar-refractivity contribution >= 4 is 6.09 Å². The molecular weight excluding hydrogens is 268 g/mol. The van der Waals surface area contributed by atoms with Crippen LogP contribution in [0.15, 0.2) is 24.3 Å². The fourth-order valence-electron chi connectivity index (χ4n) is 1.75. The molecule has 1 amide bonds. The molecule has 0 aliphatic carbocycles. The van der Waals surface area contributed by atoms with Gasteiger partial charge in [0.25, 0.3) is 0 Å². The SMILES string of the molecule is CC(CNC(=O)OC(C)(C)C)NCc1cccc(CO)c1. The van der Waals surface area contributed by atoms with E-state index in [1.54, 1.807) is 0 Å². The summed E-state index contributed by atoms with van der Waals surface area (Å²) in [5.41, 5.74) is 1.52. The summed E-state index contributed by atoms with van der Waals surface area (Å²) < 4.78 is 5.18. The molecule has 1 aromatic carbocycles. The fourth-order valence-corrected chi connectivity index (χ4v) is 1.75. The Morgan fingerprint density at radius 2 is 2.00 bits per heavy atom. The number of carbonyl (C=O) groups excluding carboxylic acids is 1. The number of aliphatic hydroxyl groups excluding tert-OH is 1. The molecule has 0 saturated heterocycles. The molecule has 1 rings (SSSR count). The summed E-state index contributed by atoms with van der Waals surface area (Å²) in [5.74, 6) is 0. The van der Waals surface area contributed by atoms with Crippen LogP contribution in [0.5, 0.6) is 0 Å². The lowest BCUT2D eigenvalue weighted by Crippen LogP contribution is -2.41. The number of rotatable bonds is 6. The molecule has 1 atom stereocenters. The molecule has 21 heavy (non-hydrogen) atoms. The smallest absolute Gasteiger partial charge is 0.407 e. The topological polar surface area (TPSA) is 70.6 Å². The van der Waals surface area contributed by atoms with E-state index in [4.69, 9.17) is 9.84 Å². The van der Waals surface area contributed by atoms with Gasteiger partial charge in [0, 0.05) is 19.1 Å². The zero-order valence-corrected chi connectivity index (χ0v) is 13.3. The van der Waals surface area contributed by atoms with Crippen LogP contribution in [0.2, 0.25) is 0 Å². The van der Waals surface area contributed by atoms with Crippen LogP contribution in [0.4, 0.5) is 4.79 Å². The van der Waals surface area contributed by atoms with Crippen molar-refractivity contribution in [2.45, 2.75) is 52.5 Å². The van der Waals surface area contributed by atoms with Crippen LogP contribution in [-0.2, 0) is 17.9 Å². The summed E-state index contributed by atoms with van der Waals surface area (Å²) in [7, 11) is 0. The highest BCUT2D eigenvalue weighted by atomic mass is 16.6. The molecule has 0 aromatic heterocycles. The molecule has 0 aliphatic heterocycles. The standard InChI is InChI=1S/C16H26N2O3/c1-12(9-18-15(20)21-16(2,3)4)17-10-13-6-5-7-14(8-13)11-19/h5-8,12,17,19H,9-11H2,1-4H3,(H,18,20). The molecule has 0 fully saturated rings. The first-order valence-electron chi connectivity index (χ1n) is 7.19. The Balaban J connectivity index is 2.30. The van der Waals surface area contributed by atoms with Crippen LogP contribution >= 0.6 is 0 Å². The zero-order valence-electron chi connectivity index (χ0n) is 13.3. The minimum Gasteiger partial charge on any atom is -0.444 e. The van der Waals surface area contributed by atoms with Crippen molar-refractivity contribution in [1.82, 2.24) is 10.6 Å². The fraction of sp³-hybridized carbons (Fsp3) is 0.562. The van der Waals surface area contributed by atoms with E-state index in [2.05, 4.69) is 10.6 Å². The van der Waals surface area contributed by atoms with Crippen molar-refractivity contribution in [1.29, 1.82) is 0 Å². The summed E-state index contributed by atoms with van der Waals surface area (Å²) in [6.07, 6.45) is -0.404. The molecule has 0 radical (unpaired) electrons. The number of ether oxygens (including phenoxy) is 1. The molecule has 0 spiro atoms. The predicted molar refractivity (Wildman–Crippen MR) is 82.9 cm³/mol. The van der Waals surface area contributed by atoms with E-state index in [1.165, 1.54) is 0 Å². The van der Waals surface area contributed by atoms with E-state index in [9.17, 15) is 4.79 Å². The Bertz CT molecular complexity index is 455. The van der Waals surface area contributed by atoms with Crippen LogP contribution in [0.3, 0.4) is 0 Å². The van der Waals surface area contributed by atoms with Crippen LogP contribution in [-0.4, -0.2) is 29.4 Å². The van der Waals surface area contributed by atoms with Crippen LogP contribution in [0, 0.1) is 0 Å². The molecule has 0 saturated carbocycles. The summed E-state index contributed by atoms with van der Waals surface area (Å²) in [6, 6.07) is 7.89. The normalized spacial score (nSPS) is 12.8. The predicted octanol–water partition coefficient (Wildman–Crippen LogP) is 2.18. The van der Waals surface area contributed by atoms with Gasteiger partial charge in [0.2, 0.25) is 0 Å². The van der Waals surface area contributed by atoms with Crippen molar-refractivity contribution in [3.8, 4) is 0 Å². The third kappa shape index (κ3) is 7.68. The average molecular weight is 294 g/mol. The third-order valence-electron chi connectivity index (χ3n) is 2.78. The highest BCUT2D eigenvalue weighted by Gasteiger charge is 2.16. The number of benzene rings is 1. The zero-order chi connectivity index (χ0) is 15.9. The van der Waals surface area contributed by atoms with Crippen molar-refractivity contribution in [2.24, 2.45) is 0 Å². The van der Waals surface area contributed by atoms with E-state index < -0.39 is 11.7 Å². The van der Waals surface area contributed by atoms with Crippen molar-refractivity contribution in [3.05, 3.63) is 35.4 Å². The minimum absolute atomic E-state index is 0.0452. The Hall–Kier alpha value is -1.59. The molecule has 1 aromatic rings. The summed E-state index contributed by atoms with van der Waals surface area (Å²) >= 11 is 0. The van der Waals surface area contributed by atoms with Gasteiger partial charge < -0.3 is 20.5 Å². The highest BCUT2D eigenvalue weighted by molar-refractivity contribution is 5.67. The maximum absolute atomic E-state index is 11.5. The number of nitrogens with one attached hydrogen (secondary N) is 2. The second-order valence-corrected chi connectivity index (χ2v) is 6.14. The minimum atomic E-state index is -0.481. The molecule has 0 aliphatic rings. The first-order chi connectivity index (χ1) is 9.80. The summed E-state index contributed by atoms with van der Waals surface area (Å²) in [5, 5.41) is 15.1. The maximum Gasteiger partial charge on any atom is 0.407 e. The van der Waals surface area contributed by atoms with E-state index in [1.807, 2.05) is 52.0 Å².